The zero-order valence-electron chi connectivity index (χ0n) is 22.3. The van der Waals surface area contributed by atoms with E-state index in [1.807, 2.05) is 96.1 Å². The zero-order valence-corrected chi connectivity index (χ0v) is 22.3. The Labute approximate surface area is 232 Å². The summed E-state index contributed by atoms with van der Waals surface area (Å²) in [5.41, 5.74) is 6.38. The van der Waals surface area contributed by atoms with Crippen molar-refractivity contribution >= 4 is 11.5 Å². The number of hydrogen-bond acceptors (Lipinski definition) is 5. The lowest BCUT2D eigenvalue weighted by atomic mass is 10.0. The SMILES string of the molecule is Cc1nc(C)n(-c2ccc(Nc3cc(-c4nn(CCc5ccccc5F)cc4-c4ccccc4)ccn3)cc2)n1. The fraction of sp³-hybridized carbons (Fsp3) is 0.125. The van der Waals surface area contributed by atoms with E-state index in [9.17, 15) is 4.39 Å². The molecule has 6 aromatic rings. The van der Waals surface area contributed by atoms with Crippen molar-refractivity contribution < 1.29 is 4.39 Å². The van der Waals surface area contributed by atoms with E-state index in [1.165, 1.54) is 6.07 Å². The third-order valence-corrected chi connectivity index (χ3v) is 6.71. The van der Waals surface area contributed by atoms with Crippen LogP contribution in [0.2, 0.25) is 0 Å². The molecule has 0 saturated heterocycles. The highest BCUT2D eigenvalue weighted by atomic mass is 19.1. The molecule has 3 heterocycles. The maximum absolute atomic E-state index is 14.2. The van der Waals surface area contributed by atoms with Gasteiger partial charge in [-0.1, -0.05) is 48.5 Å². The second-order valence-corrected chi connectivity index (χ2v) is 9.58. The molecule has 0 fully saturated rings. The van der Waals surface area contributed by atoms with Crippen LogP contribution < -0.4 is 5.32 Å². The Balaban J connectivity index is 1.27. The minimum Gasteiger partial charge on any atom is -0.340 e. The molecule has 0 unspecified atom stereocenters. The number of rotatable bonds is 8. The molecule has 0 spiro atoms. The molecule has 3 aromatic carbocycles. The van der Waals surface area contributed by atoms with Crippen LogP contribution in [-0.4, -0.2) is 29.5 Å². The summed E-state index contributed by atoms with van der Waals surface area (Å²) < 4.78 is 17.9. The van der Waals surface area contributed by atoms with Crippen LogP contribution in [-0.2, 0) is 13.0 Å². The topological polar surface area (TPSA) is 73.5 Å². The lowest BCUT2D eigenvalue weighted by Crippen LogP contribution is -2.03. The maximum atomic E-state index is 14.2. The maximum Gasteiger partial charge on any atom is 0.148 e. The van der Waals surface area contributed by atoms with Gasteiger partial charge in [-0.05, 0) is 73.9 Å². The molecular formula is C32H28FN7. The number of nitrogens with one attached hydrogen (secondary N) is 1. The van der Waals surface area contributed by atoms with Gasteiger partial charge in [0.25, 0.3) is 0 Å². The fourth-order valence-corrected chi connectivity index (χ4v) is 4.76. The normalized spacial score (nSPS) is 11.1. The van der Waals surface area contributed by atoms with Crippen molar-refractivity contribution in [1.82, 2.24) is 29.5 Å². The van der Waals surface area contributed by atoms with Crippen LogP contribution in [0.25, 0.3) is 28.1 Å². The summed E-state index contributed by atoms with van der Waals surface area (Å²) in [6, 6.07) is 29.0. The number of pyridine rings is 1. The van der Waals surface area contributed by atoms with Crippen LogP contribution in [0.5, 0.6) is 0 Å². The van der Waals surface area contributed by atoms with Gasteiger partial charge in [0.1, 0.15) is 29.0 Å². The van der Waals surface area contributed by atoms with E-state index in [-0.39, 0.29) is 5.82 Å². The van der Waals surface area contributed by atoms with E-state index >= 15 is 0 Å². The molecule has 0 aliphatic carbocycles. The van der Waals surface area contributed by atoms with Gasteiger partial charge in [0.15, 0.2) is 0 Å². The summed E-state index contributed by atoms with van der Waals surface area (Å²) in [6.45, 7) is 4.38. The average molecular weight is 530 g/mol. The molecular weight excluding hydrogens is 501 g/mol. The number of benzene rings is 3. The van der Waals surface area contributed by atoms with E-state index in [1.54, 1.807) is 12.3 Å². The molecule has 6 rings (SSSR count). The van der Waals surface area contributed by atoms with Crippen molar-refractivity contribution in [3.8, 4) is 28.1 Å². The summed E-state index contributed by atoms with van der Waals surface area (Å²) in [5.74, 6) is 2.10. The first-order valence-corrected chi connectivity index (χ1v) is 13.1. The predicted octanol–water partition coefficient (Wildman–Crippen LogP) is 6.94. The molecule has 0 bridgehead atoms. The van der Waals surface area contributed by atoms with E-state index in [0.717, 1.165) is 45.4 Å². The number of hydrogen-bond donors (Lipinski definition) is 1. The molecule has 0 atom stereocenters. The Morgan fingerprint density at radius 3 is 2.35 bits per heavy atom. The second-order valence-electron chi connectivity index (χ2n) is 9.58. The van der Waals surface area contributed by atoms with Crippen LogP contribution in [0.1, 0.15) is 17.2 Å². The Morgan fingerprint density at radius 1 is 0.825 bits per heavy atom. The van der Waals surface area contributed by atoms with E-state index in [4.69, 9.17) is 5.10 Å². The number of aryl methyl sites for hydroxylation is 4. The first kappa shape index (κ1) is 25.2. The molecule has 0 amide bonds. The predicted molar refractivity (Wildman–Crippen MR) is 155 cm³/mol. The monoisotopic (exact) mass is 529 g/mol. The van der Waals surface area contributed by atoms with Gasteiger partial charge in [-0.15, -0.1) is 0 Å². The van der Waals surface area contributed by atoms with Crippen molar-refractivity contribution in [2.24, 2.45) is 0 Å². The molecule has 0 radical (unpaired) electrons. The highest BCUT2D eigenvalue weighted by Crippen LogP contribution is 2.32. The van der Waals surface area contributed by atoms with Gasteiger partial charge in [-0.25, -0.2) is 19.0 Å². The standard InChI is InChI=1S/C32H28FN7/c1-22-35-23(2)40(37-22)28-14-12-27(13-15-28)36-31-20-26(16-18-34-31)32-29(24-8-4-3-5-9-24)21-39(38-32)19-17-25-10-6-7-11-30(25)33/h3-16,18,20-21H,17,19H2,1-2H3,(H,34,36). The van der Waals surface area contributed by atoms with Gasteiger partial charge in [0.2, 0.25) is 0 Å². The van der Waals surface area contributed by atoms with Crippen LogP contribution in [0.3, 0.4) is 0 Å². The molecule has 1 N–H and O–H groups in total. The van der Waals surface area contributed by atoms with Gasteiger partial charge in [0, 0.05) is 35.8 Å². The van der Waals surface area contributed by atoms with E-state index < -0.39 is 0 Å². The number of nitrogens with zero attached hydrogens (tertiary/aromatic N) is 6. The third-order valence-electron chi connectivity index (χ3n) is 6.71. The van der Waals surface area contributed by atoms with Crippen molar-refractivity contribution in [2.75, 3.05) is 5.32 Å². The Hall–Kier alpha value is -5.11. The lowest BCUT2D eigenvalue weighted by molar-refractivity contribution is 0.573. The van der Waals surface area contributed by atoms with Crippen molar-refractivity contribution in [3.63, 3.8) is 0 Å². The summed E-state index contributed by atoms with van der Waals surface area (Å²) in [7, 11) is 0. The molecule has 0 aliphatic heterocycles. The average Bonchev–Trinajstić information content (AvgIpc) is 3.56. The molecule has 0 saturated carbocycles. The van der Waals surface area contributed by atoms with Crippen LogP contribution in [0.4, 0.5) is 15.9 Å². The van der Waals surface area contributed by atoms with Gasteiger partial charge in [-0.2, -0.15) is 10.2 Å². The highest BCUT2D eigenvalue weighted by molar-refractivity contribution is 5.81. The van der Waals surface area contributed by atoms with Gasteiger partial charge < -0.3 is 5.32 Å². The van der Waals surface area contributed by atoms with Crippen LogP contribution in [0, 0.1) is 19.7 Å². The minimum atomic E-state index is -0.192. The summed E-state index contributed by atoms with van der Waals surface area (Å²) in [6.07, 6.45) is 4.36. The number of halogens is 1. The zero-order chi connectivity index (χ0) is 27.5. The minimum absolute atomic E-state index is 0.192. The number of anilines is 2. The molecule has 8 heteroatoms. The largest absolute Gasteiger partial charge is 0.340 e. The van der Waals surface area contributed by atoms with Crippen LogP contribution >= 0.6 is 0 Å². The third kappa shape index (κ3) is 5.37. The quantitative estimate of drug-likeness (QED) is 0.231. The van der Waals surface area contributed by atoms with Gasteiger partial charge in [0.05, 0.1) is 5.69 Å². The van der Waals surface area contributed by atoms with Crippen LogP contribution in [0.15, 0.2) is 103 Å². The molecule has 7 nitrogen and oxygen atoms in total. The Morgan fingerprint density at radius 2 is 1.60 bits per heavy atom. The van der Waals surface area contributed by atoms with Gasteiger partial charge >= 0.3 is 0 Å². The van der Waals surface area contributed by atoms with Crippen molar-refractivity contribution in [2.45, 2.75) is 26.8 Å². The van der Waals surface area contributed by atoms with Crippen molar-refractivity contribution in [3.05, 3.63) is 126 Å². The van der Waals surface area contributed by atoms with Gasteiger partial charge in [-0.3, -0.25) is 4.68 Å². The lowest BCUT2D eigenvalue weighted by Gasteiger charge is -2.09. The smallest absolute Gasteiger partial charge is 0.148 e. The first-order chi connectivity index (χ1) is 19.5. The summed E-state index contributed by atoms with van der Waals surface area (Å²) >= 11 is 0. The molecule has 0 aliphatic rings. The Bertz CT molecular complexity index is 1750. The molecule has 3 aromatic heterocycles. The summed E-state index contributed by atoms with van der Waals surface area (Å²) in [5, 5.41) is 12.8. The molecule has 40 heavy (non-hydrogen) atoms. The number of aromatic nitrogens is 6. The second kappa shape index (κ2) is 10.9. The summed E-state index contributed by atoms with van der Waals surface area (Å²) in [4.78, 5) is 8.92. The highest BCUT2D eigenvalue weighted by Gasteiger charge is 2.15. The van der Waals surface area contributed by atoms with E-state index in [0.29, 0.717) is 24.3 Å². The fourth-order valence-electron chi connectivity index (χ4n) is 4.76. The van der Waals surface area contributed by atoms with Crippen molar-refractivity contribution in [1.29, 1.82) is 0 Å². The Kier molecular flexibility index (Phi) is 6.89. The molecule has 198 valence electrons. The first-order valence-electron chi connectivity index (χ1n) is 13.1. The van der Waals surface area contributed by atoms with E-state index in [2.05, 4.69) is 32.5 Å².